The molecule has 0 saturated heterocycles. The van der Waals surface area contributed by atoms with Crippen LogP contribution in [0.4, 0.5) is 0 Å². The van der Waals surface area contributed by atoms with Crippen LogP contribution in [0.1, 0.15) is 62.0 Å². The van der Waals surface area contributed by atoms with Crippen LogP contribution >= 0.6 is 11.6 Å². The van der Waals surface area contributed by atoms with Crippen LogP contribution in [0.3, 0.4) is 0 Å². The van der Waals surface area contributed by atoms with E-state index in [1.54, 1.807) is 12.1 Å². The minimum absolute atomic E-state index is 0.00856. The highest BCUT2D eigenvalue weighted by Crippen LogP contribution is 2.34. The molecule has 0 bridgehead atoms. The first kappa shape index (κ1) is 23.2. The number of rotatable bonds is 8. The molecule has 0 heterocycles. The average Bonchev–Trinajstić information content (AvgIpc) is 2.66. The third kappa shape index (κ3) is 6.22. The van der Waals surface area contributed by atoms with Crippen LogP contribution in [-0.4, -0.2) is 30.1 Å². The van der Waals surface area contributed by atoms with Gasteiger partial charge >= 0.3 is 5.97 Å². The van der Waals surface area contributed by atoms with E-state index in [4.69, 9.17) is 21.1 Å². The Balaban J connectivity index is 2.42. The first-order valence-electron chi connectivity index (χ1n) is 10.1. The van der Waals surface area contributed by atoms with Gasteiger partial charge in [0.2, 0.25) is 0 Å². The fourth-order valence-electron chi connectivity index (χ4n) is 2.78. The van der Waals surface area contributed by atoms with E-state index in [9.17, 15) is 4.79 Å². The van der Waals surface area contributed by atoms with Crippen molar-refractivity contribution in [1.82, 2.24) is 4.90 Å². The van der Waals surface area contributed by atoms with E-state index >= 15 is 0 Å². The number of nitrogens with zero attached hydrogens (tertiary/aromatic N) is 1. The number of carbonyl (C=O) groups excluding carboxylic acids is 1. The molecule has 0 aliphatic carbocycles. The molecule has 0 aromatic heterocycles. The van der Waals surface area contributed by atoms with Gasteiger partial charge < -0.3 is 9.47 Å². The van der Waals surface area contributed by atoms with Gasteiger partial charge in [0, 0.05) is 17.1 Å². The first-order chi connectivity index (χ1) is 13.6. The van der Waals surface area contributed by atoms with Crippen molar-refractivity contribution in [2.24, 2.45) is 0 Å². The maximum atomic E-state index is 13.0. The molecule has 0 aliphatic heterocycles. The largest absolute Gasteiger partial charge is 0.493 e. The predicted octanol–water partition coefficient (Wildman–Crippen LogP) is 6.28. The highest BCUT2D eigenvalue weighted by molar-refractivity contribution is 6.32. The Morgan fingerprint density at radius 2 is 1.83 bits per heavy atom. The van der Waals surface area contributed by atoms with Gasteiger partial charge in [0.15, 0.2) is 0 Å². The van der Waals surface area contributed by atoms with Crippen molar-refractivity contribution < 1.29 is 14.3 Å². The van der Waals surface area contributed by atoms with Crippen molar-refractivity contribution in [3.63, 3.8) is 0 Å². The summed E-state index contributed by atoms with van der Waals surface area (Å²) in [4.78, 5) is 15.2. The van der Waals surface area contributed by atoms with Crippen molar-refractivity contribution in [2.75, 3.05) is 13.7 Å². The number of hydrogen-bond acceptors (Lipinski definition) is 4. The van der Waals surface area contributed by atoms with Crippen molar-refractivity contribution in [3.8, 4) is 11.5 Å². The molecule has 5 heteroatoms. The Bertz CT molecular complexity index is 828. The minimum atomic E-state index is -0.460. The second-order valence-electron chi connectivity index (χ2n) is 8.28. The molecule has 0 atom stereocenters. The summed E-state index contributed by atoms with van der Waals surface area (Å²) in [6.07, 6.45) is 1.92. The zero-order valence-corrected chi connectivity index (χ0v) is 19.1. The Hall–Kier alpha value is -2.04. The molecule has 0 fully saturated rings. The summed E-state index contributed by atoms with van der Waals surface area (Å²) >= 11 is 6.68. The van der Waals surface area contributed by atoms with Gasteiger partial charge in [-0.3, -0.25) is 4.90 Å². The highest BCUT2D eigenvalue weighted by atomic mass is 35.5. The van der Waals surface area contributed by atoms with Gasteiger partial charge in [-0.15, -0.1) is 0 Å². The van der Waals surface area contributed by atoms with E-state index < -0.39 is 5.97 Å². The number of benzene rings is 2. The standard InChI is InChI=1S/C24H32ClNO3/c1-7-8-14-28-20-15-18(16-26(6)24(3,4)5)22(25)17(2)21(20)23(27)29-19-12-10-9-11-13-19/h9-13,15H,7-8,14,16H2,1-6H3. The molecule has 2 aromatic rings. The zero-order chi connectivity index (χ0) is 21.6. The minimum Gasteiger partial charge on any atom is -0.493 e. The van der Waals surface area contributed by atoms with E-state index in [2.05, 4.69) is 39.6 Å². The van der Waals surface area contributed by atoms with E-state index in [-0.39, 0.29) is 5.54 Å². The lowest BCUT2D eigenvalue weighted by Gasteiger charge is -2.32. The first-order valence-corrected chi connectivity index (χ1v) is 10.5. The van der Waals surface area contributed by atoms with Crippen molar-refractivity contribution in [1.29, 1.82) is 0 Å². The number of para-hydroxylation sites is 1. The summed E-state index contributed by atoms with van der Waals surface area (Å²) in [7, 11) is 2.06. The number of carbonyl (C=O) groups is 1. The predicted molar refractivity (Wildman–Crippen MR) is 119 cm³/mol. The van der Waals surface area contributed by atoms with E-state index in [0.717, 1.165) is 18.4 Å². The third-order valence-corrected chi connectivity index (χ3v) is 5.53. The molecule has 0 amide bonds. The van der Waals surface area contributed by atoms with Crippen molar-refractivity contribution >= 4 is 17.6 Å². The second kappa shape index (κ2) is 10.1. The lowest BCUT2D eigenvalue weighted by Crippen LogP contribution is -2.37. The summed E-state index contributed by atoms with van der Waals surface area (Å²) in [5.74, 6) is 0.556. The van der Waals surface area contributed by atoms with Crippen LogP contribution in [0.25, 0.3) is 0 Å². The quantitative estimate of drug-likeness (QED) is 0.288. The van der Waals surface area contributed by atoms with E-state index in [1.807, 2.05) is 31.2 Å². The number of halogens is 1. The van der Waals surface area contributed by atoms with Gasteiger partial charge in [-0.1, -0.05) is 43.1 Å². The molecule has 0 radical (unpaired) electrons. The van der Waals surface area contributed by atoms with Gasteiger partial charge in [-0.05, 0) is 70.5 Å². The highest BCUT2D eigenvalue weighted by Gasteiger charge is 2.25. The lowest BCUT2D eigenvalue weighted by molar-refractivity contribution is 0.0729. The molecule has 0 spiro atoms. The lowest BCUT2D eigenvalue weighted by atomic mass is 10.0. The molecule has 0 N–H and O–H groups in total. The molecule has 2 rings (SSSR count). The second-order valence-corrected chi connectivity index (χ2v) is 8.66. The van der Waals surface area contributed by atoms with Crippen LogP contribution in [-0.2, 0) is 6.54 Å². The fraction of sp³-hybridized carbons (Fsp3) is 0.458. The van der Waals surface area contributed by atoms with Crippen LogP contribution in [0.15, 0.2) is 36.4 Å². The molecule has 4 nitrogen and oxygen atoms in total. The number of unbranched alkanes of at least 4 members (excludes halogenated alkanes) is 1. The van der Waals surface area contributed by atoms with Gasteiger partial charge in [0.05, 0.1) is 6.61 Å². The maximum absolute atomic E-state index is 13.0. The summed E-state index contributed by atoms with van der Waals surface area (Å²) in [6.45, 7) is 11.6. The monoisotopic (exact) mass is 417 g/mol. The Kier molecular flexibility index (Phi) is 8.12. The van der Waals surface area contributed by atoms with E-state index in [0.29, 0.717) is 40.8 Å². The smallest absolute Gasteiger partial charge is 0.347 e. The zero-order valence-electron chi connectivity index (χ0n) is 18.3. The van der Waals surface area contributed by atoms with Crippen LogP contribution in [0.2, 0.25) is 5.02 Å². The SMILES string of the molecule is CCCCOc1cc(CN(C)C(C)(C)C)c(Cl)c(C)c1C(=O)Oc1ccccc1. The summed E-state index contributed by atoms with van der Waals surface area (Å²) in [6, 6.07) is 10.9. The maximum Gasteiger partial charge on any atom is 0.347 e. The summed E-state index contributed by atoms with van der Waals surface area (Å²) < 4.78 is 11.6. The summed E-state index contributed by atoms with van der Waals surface area (Å²) in [5, 5.41) is 0.573. The average molecular weight is 418 g/mol. The Labute approximate surface area is 179 Å². The van der Waals surface area contributed by atoms with Gasteiger partial charge in [0.25, 0.3) is 0 Å². The van der Waals surface area contributed by atoms with Gasteiger partial charge in [0.1, 0.15) is 17.1 Å². The Morgan fingerprint density at radius 1 is 1.17 bits per heavy atom. The van der Waals surface area contributed by atoms with Crippen molar-refractivity contribution in [2.45, 2.75) is 59.5 Å². The van der Waals surface area contributed by atoms with Crippen LogP contribution < -0.4 is 9.47 Å². The van der Waals surface area contributed by atoms with E-state index in [1.165, 1.54) is 0 Å². The summed E-state index contributed by atoms with van der Waals surface area (Å²) in [5.41, 5.74) is 1.99. The normalized spacial score (nSPS) is 11.6. The molecule has 158 valence electrons. The molecule has 0 unspecified atom stereocenters. The molecular formula is C24H32ClNO3. The number of ether oxygens (including phenoxy) is 2. The Morgan fingerprint density at radius 3 is 2.41 bits per heavy atom. The number of hydrogen-bond donors (Lipinski definition) is 0. The molecule has 0 aliphatic rings. The van der Waals surface area contributed by atoms with Gasteiger partial charge in [-0.2, -0.15) is 0 Å². The number of esters is 1. The molecule has 0 saturated carbocycles. The third-order valence-electron chi connectivity index (χ3n) is 5.00. The molecule has 29 heavy (non-hydrogen) atoms. The van der Waals surface area contributed by atoms with Crippen LogP contribution in [0.5, 0.6) is 11.5 Å². The molecular weight excluding hydrogens is 386 g/mol. The molecule has 2 aromatic carbocycles. The van der Waals surface area contributed by atoms with Crippen LogP contribution in [0, 0.1) is 6.92 Å². The topological polar surface area (TPSA) is 38.8 Å². The fourth-order valence-corrected chi connectivity index (χ4v) is 2.99. The van der Waals surface area contributed by atoms with Crippen molar-refractivity contribution in [3.05, 3.63) is 58.1 Å². The van der Waals surface area contributed by atoms with Gasteiger partial charge in [-0.25, -0.2) is 4.79 Å².